The van der Waals surface area contributed by atoms with Gasteiger partial charge >= 0.3 is 6.18 Å². The average Bonchev–Trinajstić information content (AvgIpc) is 3.15. The standard InChI is InChI=1S/C17H28F3N3O.HI/c1-2-21-16(23-14-9-13-7-8-15(14)24-13)22-10-11-3-5-12(6-4-11)17(18,19)20;/h11-15H,2-10H2,1H3,(H2,21,22,23);1H. The highest BCUT2D eigenvalue weighted by molar-refractivity contribution is 14.0. The number of hydrogen-bond acceptors (Lipinski definition) is 2. The smallest absolute Gasteiger partial charge is 0.373 e. The normalized spacial score (nSPS) is 35.4. The van der Waals surface area contributed by atoms with Gasteiger partial charge in [0.1, 0.15) is 0 Å². The molecular formula is C17H29F3IN3O. The monoisotopic (exact) mass is 475 g/mol. The summed E-state index contributed by atoms with van der Waals surface area (Å²) in [6, 6.07) is 0.308. The molecule has 2 aliphatic heterocycles. The fraction of sp³-hybridized carbons (Fsp3) is 0.941. The van der Waals surface area contributed by atoms with Gasteiger partial charge in [0, 0.05) is 13.1 Å². The zero-order valence-corrected chi connectivity index (χ0v) is 17.0. The summed E-state index contributed by atoms with van der Waals surface area (Å²) in [5, 5.41) is 6.70. The van der Waals surface area contributed by atoms with E-state index >= 15 is 0 Å². The van der Waals surface area contributed by atoms with Crippen LogP contribution in [0, 0.1) is 11.8 Å². The Hall–Kier alpha value is -0.250. The molecule has 0 spiro atoms. The summed E-state index contributed by atoms with van der Waals surface area (Å²) in [7, 11) is 0. The zero-order valence-electron chi connectivity index (χ0n) is 14.6. The number of rotatable bonds is 4. The van der Waals surface area contributed by atoms with E-state index in [1.807, 2.05) is 6.92 Å². The number of fused-ring (bicyclic) bond motifs is 2. The fourth-order valence-corrected chi connectivity index (χ4v) is 4.18. The second-order valence-electron chi connectivity index (χ2n) is 7.34. The molecule has 146 valence electrons. The van der Waals surface area contributed by atoms with Gasteiger partial charge < -0.3 is 15.4 Å². The molecule has 3 fully saturated rings. The highest BCUT2D eigenvalue weighted by Gasteiger charge is 2.42. The van der Waals surface area contributed by atoms with Crippen LogP contribution >= 0.6 is 24.0 Å². The van der Waals surface area contributed by atoms with Crippen molar-refractivity contribution in [1.29, 1.82) is 0 Å². The lowest BCUT2D eigenvalue weighted by atomic mass is 9.82. The van der Waals surface area contributed by atoms with Gasteiger partial charge in [0.25, 0.3) is 0 Å². The second kappa shape index (κ2) is 9.10. The van der Waals surface area contributed by atoms with E-state index in [1.165, 1.54) is 0 Å². The Balaban J connectivity index is 0.00000225. The molecular weight excluding hydrogens is 446 g/mol. The maximum atomic E-state index is 12.7. The molecule has 2 saturated heterocycles. The van der Waals surface area contributed by atoms with Crippen LogP contribution in [0.3, 0.4) is 0 Å². The molecule has 0 aromatic carbocycles. The van der Waals surface area contributed by atoms with E-state index in [0.717, 1.165) is 31.8 Å². The molecule has 1 saturated carbocycles. The molecule has 3 atom stereocenters. The van der Waals surface area contributed by atoms with Gasteiger partial charge in [0.2, 0.25) is 0 Å². The van der Waals surface area contributed by atoms with Crippen molar-refractivity contribution in [3.8, 4) is 0 Å². The third kappa shape index (κ3) is 5.61. The highest BCUT2D eigenvalue weighted by Crippen LogP contribution is 2.39. The van der Waals surface area contributed by atoms with Gasteiger partial charge in [-0.3, -0.25) is 4.99 Å². The Morgan fingerprint density at radius 3 is 2.36 bits per heavy atom. The number of nitrogens with one attached hydrogen (secondary N) is 2. The fourth-order valence-electron chi connectivity index (χ4n) is 4.18. The van der Waals surface area contributed by atoms with Crippen LogP contribution in [0.2, 0.25) is 0 Å². The molecule has 3 rings (SSSR count). The van der Waals surface area contributed by atoms with Crippen LogP contribution < -0.4 is 10.6 Å². The first-order valence-electron chi connectivity index (χ1n) is 9.22. The summed E-state index contributed by atoms with van der Waals surface area (Å²) in [6.45, 7) is 3.39. The van der Waals surface area contributed by atoms with Crippen LogP contribution in [0.5, 0.6) is 0 Å². The first kappa shape index (κ1) is 21.1. The predicted molar refractivity (Wildman–Crippen MR) is 102 cm³/mol. The highest BCUT2D eigenvalue weighted by atomic mass is 127. The lowest BCUT2D eigenvalue weighted by molar-refractivity contribution is -0.183. The number of aliphatic imine (C=N–C) groups is 1. The van der Waals surface area contributed by atoms with Gasteiger partial charge in [-0.05, 0) is 57.8 Å². The molecule has 0 aromatic heterocycles. The third-order valence-corrected chi connectivity index (χ3v) is 5.59. The lowest BCUT2D eigenvalue weighted by Gasteiger charge is -2.29. The largest absolute Gasteiger partial charge is 0.391 e. The van der Waals surface area contributed by atoms with Gasteiger partial charge in [-0.2, -0.15) is 13.2 Å². The Labute approximate surface area is 164 Å². The molecule has 0 radical (unpaired) electrons. The second-order valence-corrected chi connectivity index (χ2v) is 7.34. The van der Waals surface area contributed by atoms with Crippen molar-refractivity contribution >= 4 is 29.9 Å². The molecule has 0 aromatic rings. The van der Waals surface area contributed by atoms with E-state index in [0.29, 0.717) is 31.5 Å². The molecule has 0 amide bonds. The summed E-state index contributed by atoms with van der Waals surface area (Å²) >= 11 is 0. The average molecular weight is 475 g/mol. The van der Waals surface area contributed by atoms with Crippen LogP contribution in [0.1, 0.15) is 51.9 Å². The van der Waals surface area contributed by atoms with Crippen LogP contribution in [-0.4, -0.2) is 43.5 Å². The Morgan fingerprint density at radius 1 is 1.12 bits per heavy atom. The minimum absolute atomic E-state index is 0. The van der Waals surface area contributed by atoms with Crippen molar-refractivity contribution in [2.24, 2.45) is 16.8 Å². The maximum Gasteiger partial charge on any atom is 0.391 e. The topological polar surface area (TPSA) is 45.7 Å². The molecule has 8 heteroatoms. The van der Waals surface area contributed by atoms with Crippen LogP contribution in [0.15, 0.2) is 4.99 Å². The number of halogens is 4. The maximum absolute atomic E-state index is 12.7. The Morgan fingerprint density at radius 2 is 1.84 bits per heavy atom. The van der Waals surface area contributed by atoms with Gasteiger partial charge in [-0.15, -0.1) is 24.0 Å². The van der Waals surface area contributed by atoms with Crippen molar-refractivity contribution in [2.75, 3.05) is 13.1 Å². The van der Waals surface area contributed by atoms with Crippen molar-refractivity contribution < 1.29 is 17.9 Å². The Bertz CT molecular complexity index is 453. The number of alkyl halides is 3. The minimum atomic E-state index is -4.04. The first-order chi connectivity index (χ1) is 11.5. The van der Waals surface area contributed by atoms with E-state index in [9.17, 15) is 13.2 Å². The molecule has 3 aliphatic rings. The van der Waals surface area contributed by atoms with E-state index in [1.54, 1.807) is 0 Å². The molecule has 1 aliphatic carbocycles. The summed E-state index contributed by atoms with van der Waals surface area (Å²) in [5.74, 6) is -0.0813. The summed E-state index contributed by atoms with van der Waals surface area (Å²) in [5.41, 5.74) is 0. The molecule has 2 bridgehead atoms. The summed E-state index contributed by atoms with van der Waals surface area (Å²) in [4.78, 5) is 4.63. The number of ether oxygens (including phenoxy) is 1. The molecule has 25 heavy (non-hydrogen) atoms. The summed E-state index contributed by atoms with van der Waals surface area (Å²) in [6.07, 6.45) is 1.62. The van der Waals surface area contributed by atoms with Crippen molar-refractivity contribution in [2.45, 2.75) is 76.3 Å². The van der Waals surface area contributed by atoms with Crippen LogP contribution in [-0.2, 0) is 4.74 Å². The van der Waals surface area contributed by atoms with Crippen molar-refractivity contribution in [3.63, 3.8) is 0 Å². The van der Waals surface area contributed by atoms with E-state index in [2.05, 4.69) is 15.6 Å². The molecule has 2 N–H and O–H groups in total. The quantitative estimate of drug-likeness (QED) is 0.369. The van der Waals surface area contributed by atoms with E-state index in [4.69, 9.17) is 4.74 Å². The Kier molecular flexibility index (Phi) is 7.67. The molecule has 3 unspecified atom stereocenters. The number of guanidine groups is 1. The first-order valence-corrected chi connectivity index (χ1v) is 9.22. The molecule has 2 heterocycles. The zero-order chi connectivity index (χ0) is 17.2. The predicted octanol–water partition coefficient (Wildman–Crippen LogP) is 3.85. The number of hydrogen-bond donors (Lipinski definition) is 2. The minimum Gasteiger partial charge on any atom is -0.373 e. The van der Waals surface area contributed by atoms with Crippen molar-refractivity contribution in [1.82, 2.24) is 10.6 Å². The summed E-state index contributed by atoms with van der Waals surface area (Å²) < 4.78 is 44.0. The third-order valence-electron chi connectivity index (χ3n) is 5.59. The van der Waals surface area contributed by atoms with Crippen LogP contribution in [0.4, 0.5) is 13.2 Å². The van der Waals surface area contributed by atoms with E-state index < -0.39 is 12.1 Å². The van der Waals surface area contributed by atoms with Gasteiger partial charge in [-0.1, -0.05) is 0 Å². The van der Waals surface area contributed by atoms with Gasteiger partial charge in [0.05, 0.1) is 24.2 Å². The van der Waals surface area contributed by atoms with Crippen molar-refractivity contribution in [3.05, 3.63) is 0 Å². The van der Waals surface area contributed by atoms with Crippen LogP contribution in [0.25, 0.3) is 0 Å². The number of nitrogens with zero attached hydrogens (tertiary/aromatic N) is 1. The van der Waals surface area contributed by atoms with Gasteiger partial charge in [-0.25, -0.2) is 0 Å². The van der Waals surface area contributed by atoms with E-state index in [-0.39, 0.29) is 48.8 Å². The molecule has 4 nitrogen and oxygen atoms in total. The lowest BCUT2D eigenvalue weighted by Crippen LogP contribution is -2.47. The van der Waals surface area contributed by atoms with Gasteiger partial charge in [0.15, 0.2) is 5.96 Å². The SMILES string of the molecule is CCNC(=NCC1CCC(C(F)(F)F)CC1)NC1CC2CCC1O2.I.